The predicted molar refractivity (Wildman–Crippen MR) is 64.5 cm³/mol. The lowest BCUT2D eigenvalue weighted by molar-refractivity contribution is 0.525. The third kappa shape index (κ3) is 2.46. The molecule has 78 valence electrons. The van der Waals surface area contributed by atoms with E-state index in [1.54, 1.807) is 6.07 Å². The Labute approximate surface area is 104 Å². The number of aryl methyl sites for hydroxylation is 1. The third-order valence-corrected chi connectivity index (χ3v) is 2.71. The van der Waals surface area contributed by atoms with Crippen molar-refractivity contribution in [2.75, 3.05) is 0 Å². The Bertz CT molecular complexity index is 462. The lowest BCUT2D eigenvalue weighted by atomic mass is 10.3. The van der Waals surface area contributed by atoms with Crippen molar-refractivity contribution < 1.29 is 4.42 Å². The first kappa shape index (κ1) is 10.8. The second-order valence-electron chi connectivity index (χ2n) is 2.96. The van der Waals surface area contributed by atoms with Crippen LogP contribution in [0.15, 0.2) is 31.8 Å². The molecule has 0 aliphatic carbocycles. The van der Waals surface area contributed by atoms with Crippen LogP contribution in [-0.2, 0) is 6.42 Å². The first-order chi connectivity index (χ1) is 7.19. The molecule has 0 amide bonds. The number of rotatable bonds is 2. The van der Waals surface area contributed by atoms with E-state index in [1.165, 1.54) is 0 Å². The highest BCUT2D eigenvalue weighted by Gasteiger charge is 2.08. The number of hydrogen-bond donors (Lipinski definition) is 0. The van der Waals surface area contributed by atoms with E-state index < -0.39 is 0 Å². The molecule has 0 N–H and O–H groups in total. The number of hydrogen-bond acceptors (Lipinski definition) is 3. The van der Waals surface area contributed by atoms with E-state index in [1.807, 2.05) is 19.1 Å². The van der Waals surface area contributed by atoms with E-state index in [4.69, 9.17) is 4.42 Å². The highest BCUT2D eigenvalue weighted by Crippen LogP contribution is 2.22. The van der Waals surface area contributed by atoms with Gasteiger partial charge in [-0.3, -0.25) is 0 Å². The average molecular weight is 332 g/mol. The molecule has 0 saturated carbocycles. The molecule has 2 aromatic rings. The largest absolute Gasteiger partial charge is 0.458 e. The van der Waals surface area contributed by atoms with Gasteiger partial charge in [0.25, 0.3) is 0 Å². The summed E-state index contributed by atoms with van der Waals surface area (Å²) in [6, 6.07) is 5.60. The van der Waals surface area contributed by atoms with Crippen molar-refractivity contribution in [2.24, 2.45) is 0 Å². The fourth-order valence-corrected chi connectivity index (χ4v) is 2.27. The summed E-state index contributed by atoms with van der Waals surface area (Å²) in [4.78, 5) is 8.47. The Hall–Kier alpha value is -0.680. The zero-order valence-corrected chi connectivity index (χ0v) is 11.2. The maximum absolute atomic E-state index is 5.56. The van der Waals surface area contributed by atoms with E-state index in [9.17, 15) is 0 Å². The Morgan fingerprint density at radius 3 is 2.40 bits per heavy atom. The number of aromatic nitrogens is 2. The van der Waals surface area contributed by atoms with E-state index in [2.05, 4.69) is 41.8 Å². The summed E-state index contributed by atoms with van der Waals surface area (Å²) in [5, 5.41) is 0. The molecule has 0 aliphatic rings. The van der Waals surface area contributed by atoms with Gasteiger partial charge in [-0.15, -0.1) is 0 Å². The lowest BCUT2D eigenvalue weighted by Gasteiger charge is -1.97. The van der Waals surface area contributed by atoms with Gasteiger partial charge in [0.1, 0.15) is 15.0 Å². The quantitative estimate of drug-likeness (QED) is 0.785. The van der Waals surface area contributed by atoms with Crippen LogP contribution in [0.2, 0.25) is 0 Å². The molecule has 0 fully saturated rings. The van der Waals surface area contributed by atoms with Gasteiger partial charge >= 0.3 is 0 Å². The summed E-state index contributed by atoms with van der Waals surface area (Å²) >= 11 is 6.62. The molecule has 15 heavy (non-hydrogen) atoms. The Morgan fingerprint density at radius 1 is 1.20 bits per heavy atom. The smallest absolute Gasteiger partial charge is 0.197 e. The molecule has 0 bridgehead atoms. The highest BCUT2D eigenvalue weighted by atomic mass is 79.9. The van der Waals surface area contributed by atoms with Crippen molar-refractivity contribution in [3.8, 4) is 11.6 Å². The molecule has 2 aromatic heterocycles. The SMILES string of the molecule is CCc1ccc(-c2nc(Br)cc(Br)n2)o1. The molecule has 0 atom stereocenters. The maximum atomic E-state index is 5.56. The van der Waals surface area contributed by atoms with Crippen LogP contribution in [0, 0.1) is 0 Å². The van der Waals surface area contributed by atoms with Gasteiger partial charge in [0.05, 0.1) is 0 Å². The molecule has 2 rings (SSSR count). The van der Waals surface area contributed by atoms with Crippen LogP contribution in [0.25, 0.3) is 11.6 Å². The van der Waals surface area contributed by atoms with Crippen molar-refractivity contribution in [1.29, 1.82) is 0 Å². The van der Waals surface area contributed by atoms with Gasteiger partial charge in [-0.2, -0.15) is 0 Å². The van der Waals surface area contributed by atoms with E-state index in [-0.39, 0.29) is 0 Å². The van der Waals surface area contributed by atoms with Crippen molar-refractivity contribution >= 4 is 31.9 Å². The van der Waals surface area contributed by atoms with Crippen LogP contribution in [0.4, 0.5) is 0 Å². The lowest BCUT2D eigenvalue weighted by Crippen LogP contribution is -1.88. The van der Waals surface area contributed by atoms with Crippen LogP contribution in [0.5, 0.6) is 0 Å². The number of furan rings is 1. The van der Waals surface area contributed by atoms with Crippen molar-refractivity contribution in [2.45, 2.75) is 13.3 Å². The van der Waals surface area contributed by atoms with Crippen LogP contribution in [0.1, 0.15) is 12.7 Å². The molecule has 2 heterocycles. The summed E-state index contributed by atoms with van der Waals surface area (Å²) < 4.78 is 7.02. The summed E-state index contributed by atoms with van der Waals surface area (Å²) in [5.74, 6) is 2.20. The highest BCUT2D eigenvalue weighted by molar-refractivity contribution is 9.11. The molecule has 3 nitrogen and oxygen atoms in total. The van der Waals surface area contributed by atoms with E-state index in [0.29, 0.717) is 11.6 Å². The minimum Gasteiger partial charge on any atom is -0.458 e. The molecule has 0 aliphatic heterocycles. The normalized spacial score (nSPS) is 10.6. The first-order valence-corrected chi connectivity index (χ1v) is 6.07. The molecular formula is C10H8Br2N2O. The molecular weight excluding hydrogens is 324 g/mol. The fraction of sp³-hybridized carbons (Fsp3) is 0.200. The fourth-order valence-electron chi connectivity index (χ4n) is 1.19. The van der Waals surface area contributed by atoms with Gasteiger partial charge in [-0.25, -0.2) is 9.97 Å². The molecule has 0 unspecified atom stereocenters. The van der Waals surface area contributed by atoms with Gasteiger partial charge in [0, 0.05) is 12.5 Å². The first-order valence-electron chi connectivity index (χ1n) is 4.48. The summed E-state index contributed by atoms with van der Waals surface area (Å²) in [6.07, 6.45) is 0.870. The van der Waals surface area contributed by atoms with Gasteiger partial charge in [-0.1, -0.05) is 6.92 Å². The zero-order chi connectivity index (χ0) is 10.8. The summed E-state index contributed by atoms with van der Waals surface area (Å²) in [7, 11) is 0. The maximum Gasteiger partial charge on any atom is 0.197 e. The van der Waals surface area contributed by atoms with Crippen LogP contribution in [-0.4, -0.2) is 9.97 Å². The van der Waals surface area contributed by atoms with E-state index in [0.717, 1.165) is 21.4 Å². The predicted octanol–water partition coefficient (Wildman–Crippen LogP) is 3.82. The Morgan fingerprint density at radius 2 is 1.87 bits per heavy atom. The second kappa shape index (κ2) is 4.45. The molecule has 0 saturated heterocycles. The van der Waals surface area contributed by atoms with E-state index >= 15 is 0 Å². The van der Waals surface area contributed by atoms with Crippen molar-refractivity contribution in [3.63, 3.8) is 0 Å². The van der Waals surface area contributed by atoms with Crippen molar-refractivity contribution in [3.05, 3.63) is 33.2 Å². The number of halogens is 2. The second-order valence-corrected chi connectivity index (χ2v) is 4.58. The topological polar surface area (TPSA) is 38.9 Å². The van der Waals surface area contributed by atoms with Crippen molar-refractivity contribution in [1.82, 2.24) is 9.97 Å². The van der Waals surface area contributed by atoms with Gasteiger partial charge in [0.15, 0.2) is 11.6 Å². The van der Waals surface area contributed by atoms with Gasteiger partial charge < -0.3 is 4.42 Å². The minimum absolute atomic E-state index is 0.580. The molecule has 0 aromatic carbocycles. The molecule has 5 heteroatoms. The summed E-state index contributed by atoms with van der Waals surface area (Å²) in [5.41, 5.74) is 0. The minimum atomic E-state index is 0.580. The van der Waals surface area contributed by atoms with Crippen LogP contribution < -0.4 is 0 Å². The van der Waals surface area contributed by atoms with Crippen LogP contribution in [0.3, 0.4) is 0 Å². The Kier molecular flexibility index (Phi) is 3.21. The standard InChI is InChI=1S/C10H8Br2N2O/c1-2-6-3-4-7(15-6)10-13-8(11)5-9(12)14-10/h3-5H,2H2,1H3. The molecule has 0 radical (unpaired) electrons. The van der Waals surface area contributed by atoms with Gasteiger partial charge in [0.2, 0.25) is 0 Å². The average Bonchev–Trinajstić information content (AvgIpc) is 2.64. The zero-order valence-electron chi connectivity index (χ0n) is 8.00. The Balaban J connectivity index is 2.44. The monoisotopic (exact) mass is 330 g/mol. The van der Waals surface area contributed by atoms with Gasteiger partial charge in [-0.05, 0) is 44.0 Å². The summed E-state index contributed by atoms with van der Waals surface area (Å²) in [6.45, 7) is 2.04. The molecule has 0 spiro atoms. The third-order valence-electron chi connectivity index (χ3n) is 1.89. The number of nitrogens with zero attached hydrogens (tertiary/aromatic N) is 2. The van der Waals surface area contributed by atoms with Crippen LogP contribution >= 0.6 is 31.9 Å².